The molecule has 0 spiro atoms. The van der Waals surface area contributed by atoms with Crippen molar-refractivity contribution in [1.29, 1.82) is 0 Å². The first kappa shape index (κ1) is 19.2. The minimum Gasteiger partial charge on any atom is -0.593 e. The summed E-state index contributed by atoms with van der Waals surface area (Å²) in [5.74, 6) is -0.958. The normalized spacial score (nSPS) is 13.3. The van der Waals surface area contributed by atoms with E-state index in [-0.39, 0.29) is 6.42 Å². The van der Waals surface area contributed by atoms with Gasteiger partial charge in [0.05, 0.1) is 30.0 Å². The van der Waals surface area contributed by atoms with Gasteiger partial charge in [0.15, 0.2) is 4.90 Å². The average Bonchev–Trinajstić information content (AvgIpc) is 3.08. The number of aliphatic carboxylic acids is 1. The van der Waals surface area contributed by atoms with E-state index in [9.17, 15) is 14.5 Å². The lowest BCUT2D eigenvalue weighted by molar-refractivity contribution is -0.137. The van der Waals surface area contributed by atoms with Crippen molar-refractivity contribution in [2.24, 2.45) is 7.05 Å². The summed E-state index contributed by atoms with van der Waals surface area (Å²) in [6.07, 6.45) is 3.47. The van der Waals surface area contributed by atoms with Crippen LogP contribution in [-0.4, -0.2) is 25.4 Å². The number of benzene rings is 2. The van der Waals surface area contributed by atoms with Gasteiger partial charge in [-0.2, -0.15) is 5.10 Å². The summed E-state index contributed by atoms with van der Waals surface area (Å²) in [5, 5.41) is 13.5. The summed E-state index contributed by atoms with van der Waals surface area (Å²) in [6, 6.07) is 14.3. The molecule has 3 rings (SSSR count). The van der Waals surface area contributed by atoms with Crippen LogP contribution in [-0.2, 0) is 23.2 Å². The van der Waals surface area contributed by atoms with E-state index in [1.54, 1.807) is 23.0 Å². The van der Waals surface area contributed by atoms with Crippen molar-refractivity contribution in [1.82, 2.24) is 14.5 Å². The minimum atomic E-state index is -1.52. The summed E-state index contributed by atoms with van der Waals surface area (Å²) in [4.78, 5) is 12.0. The minimum absolute atomic E-state index is 0.173. The highest BCUT2D eigenvalue weighted by molar-refractivity contribution is 7.89. The van der Waals surface area contributed by atoms with Crippen molar-refractivity contribution in [2.75, 3.05) is 0 Å². The van der Waals surface area contributed by atoms with Crippen LogP contribution in [0.15, 0.2) is 65.8 Å². The Morgan fingerprint density at radius 1 is 1.26 bits per heavy atom. The molecule has 0 amide bonds. The molecule has 0 radical (unpaired) electrons. The Bertz CT molecular complexity index is 924. The molecule has 140 valence electrons. The van der Waals surface area contributed by atoms with Gasteiger partial charge in [0.2, 0.25) is 0 Å². The van der Waals surface area contributed by atoms with Crippen molar-refractivity contribution in [3.63, 3.8) is 0 Å². The van der Waals surface area contributed by atoms with Gasteiger partial charge in [-0.25, -0.2) is 0 Å². The van der Waals surface area contributed by atoms with E-state index >= 15 is 0 Å². The van der Waals surface area contributed by atoms with Crippen molar-refractivity contribution in [3.05, 3.63) is 72.1 Å². The average molecular weight is 383 g/mol. The zero-order chi connectivity index (χ0) is 19.4. The zero-order valence-corrected chi connectivity index (χ0v) is 15.9. The van der Waals surface area contributed by atoms with Crippen molar-refractivity contribution >= 4 is 17.3 Å². The second-order valence-corrected chi connectivity index (χ2v) is 7.62. The standard InChI is InChI=1S/C20H21N3O3S/c1-14-6-8-18(9-7-14)27(26)22-19(11-20(24)25)16-5-3-4-15(10-16)17-12-21-23(2)13-17/h3-10,12-13,19,22H,11H2,1-2H3,(H,24,25). The van der Waals surface area contributed by atoms with E-state index in [0.717, 1.165) is 22.3 Å². The second-order valence-electron chi connectivity index (χ2n) is 6.38. The molecular formula is C20H21N3O3S. The molecule has 1 aromatic heterocycles. The Balaban J connectivity index is 1.86. The van der Waals surface area contributed by atoms with Crippen LogP contribution in [0, 0.1) is 6.92 Å². The Labute approximate surface area is 161 Å². The maximum absolute atomic E-state index is 12.7. The predicted octanol–water partition coefficient (Wildman–Crippen LogP) is 3.22. The predicted molar refractivity (Wildman–Crippen MR) is 104 cm³/mol. The monoisotopic (exact) mass is 383 g/mol. The first-order chi connectivity index (χ1) is 12.9. The fraction of sp³-hybridized carbons (Fsp3) is 0.200. The topological polar surface area (TPSA) is 90.2 Å². The quantitative estimate of drug-likeness (QED) is 0.612. The number of rotatable bonds is 7. The highest BCUT2D eigenvalue weighted by Gasteiger charge is 2.23. The van der Waals surface area contributed by atoms with Crippen LogP contribution in [0.4, 0.5) is 0 Å². The van der Waals surface area contributed by atoms with Crippen LogP contribution >= 0.6 is 0 Å². The molecule has 0 saturated carbocycles. The Morgan fingerprint density at radius 2 is 2.00 bits per heavy atom. The molecule has 2 aromatic carbocycles. The Kier molecular flexibility index (Phi) is 5.95. The van der Waals surface area contributed by atoms with Crippen LogP contribution in [0.2, 0.25) is 0 Å². The lowest BCUT2D eigenvalue weighted by Gasteiger charge is -2.19. The van der Waals surface area contributed by atoms with E-state index < -0.39 is 23.4 Å². The molecule has 0 aliphatic heterocycles. The van der Waals surface area contributed by atoms with Gasteiger partial charge in [0.1, 0.15) is 0 Å². The smallest absolute Gasteiger partial charge is 0.305 e. The fourth-order valence-corrected chi connectivity index (χ4v) is 3.76. The lowest BCUT2D eigenvalue weighted by atomic mass is 10.00. The van der Waals surface area contributed by atoms with Gasteiger partial charge in [-0.15, -0.1) is 4.72 Å². The molecule has 6 nitrogen and oxygen atoms in total. The van der Waals surface area contributed by atoms with Crippen LogP contribution in [0.25, 0.3) is 11.1 Å². The van der Waals surface area contributed by atoms with Crippen molar-refractivity contribution in [3.8, 4) is 11.1 Å². The summed E-state index contributed by atoms with van der Waals surface area (Å²) >= 11 is -1.52. The number of aryl methyl sites for hydroxylation is 2. The molecule has 0 aliphatic rings. The third-order valence-corrected chi connectivity index (χ3v) is 5.39. The molecular weight excluding hydrogens is 362 g/mol. The van der Waals surface area contributed by atoms with Gasteiger partial charge in [0, 0.05) is 18.8 Å². The first-order valence-corrected chi connectivity index (χ1v) is 9.63. The number of nitrogens with zero attached hydrogens (tertiary/aromatic N) is 2. The van der Waals surface area contributed by atoms with Gasteiger partial charge in [0.25, 0.3) is 0 Å². The molecule has 7 heteroatoms. The summed E-state index contributed by atoms with van der Waals surface area (Å²) in [6.45, 7) is 1.96. The molecule has 27 heavy (non-hydrogen) atoms. The zero-order valence-electron chi connectivity index (χ0n) is 15.1. The molecule has 2 N–H and O–H groups in total. The number of hydrogen-bond acceptors (Lipinski definition) is 4. The van der Waals surface area contributed by atoms with Crippen molar-refractivity contribution < 1.29 is 14.5 Å². The van der Waals surface area contributed by atoms with Crippen LogP contribution in [0.3, 0.4) is 0 Å². The van der Waals surface area contributed by atoms with Crippen LogP contribution in [0.1, 0.15) is 23.6 Å². The van der Waals surface area contributed by atoms with Gasteiger partial charge in [-0.05, 0) is 36.2 Å². The third kappa shape index (κ3) is 4.97. The van der Waals surface area contributed by atoms with Crippen molar-refractivity contribution in [2.45, 2.75) is 24.3 Å². The van der Waals surface area contributed by atoms with E-state index in [1.807, 2.05) is 56.6 Å². The maximum atomic E-state index is 12.7. The number of carboxylic acid groups (broad SMARTS) is 1. The molecule has 0 bridgehead atoms. The molecule has 0 saturated heterocycles. The van der Waals surface area contributed by atoms with Crippen LogP contribution in [0.5, 0.6) is 0 Å². The highest BCUT2D eigenvalue weighted by Crippen LogP contribution is 2.26. The summed E-state index contributed by atoms with van der Waals surface area (Å²) in [5.41, 5.74) is 3.70. The van der Waals surface area contributed by atoms with E-state index in [1.165, 1.54) is 0 Å². The SMILES string of the molecule is Cc1ccc([S+]([O-])NC(CC(=O)O)c2cccc(-c3cnn(C)c3)c2)cc1. The largest absolute Gasteiger partial charge is 0.593 e. The molecule has 3 aromatic rings. The Hall–Kier alpha value is -2.61. The third-order valence-electron chi connectivity index (χ3n) is 4.19. The first-order valence-electron chi connectivity index (χ1n) is 8.48. The number of hydrogen-bond donors (Lipinski definition) is 2. The summed E-state index contributed by atoms with van der Waals surface area (Å²) in [7, 11) is 1.84. The lowest BCUT2D eigenvalue weighted by Crippen LogP contribution is -2.30. The molecule has 2 unspecified atom stereocenters. The fourth-order valence-electron chi connectivity index (χ4n) is 2.77. The van der Waals surface area contributed by atoms with Gasteiger partial charge in [-0.1, -0.05) is 35.9 Å². The van der Waals surface area contributed by atoms with E-state index in [4.69, 9.17) is 0 Å². The van der Waals surface area contributed by atoms with Gasteiger partial charge >= 0.3 is 5.97 Å². The van der Waals surface area contributed by atoms with Gasteiger partial charge < -0.3 is 9.66 Å². The molecule has 0 fully saturated rings. The van der Waals surface area contributed by atoms with Gasteiger partial charge in [-0.3, -0.25) is 9.48 Å². The maximum Gasteiger partial charge on any atom is 0.305 e. The molecule has 1 heterocycles. The molecule has 2 atom stereocenters. The van der Waals surface area contributed by atoms with Crippen LogP contribution < -0.4 is 4.72 Å². The number of nitrogens with one attached hydrogen (secondary N) is 1. The number of aromatic nitrogens is 2. The summed E-state index contributed by atoms with van der Waals surface area (Å²) < 4.78 is 17.3. The van der Waals surface area contributed by atoms with E-state index in [0.29, 0.717) is 4.90 Å². The van der Waals surface area contributed by atoms with E-state index in [2.05, 4.69) is 9.82 Å². The second kappa shape index (κ2) is 8.39. The number of carboxylic acids is 1. The highest BCUT2D eigenvalue weighted by atomic mass is 32.2. The Morgan fingerprint density at radius 3 is 2.63 bits per heavy atom. The molecule has 0 aliphatic carbocycles. The number of carbonyl (C=O) groups is 1.